The van der Waals surface area contributed by atoms with Crippen LogP contribution in [0.5, 0.6) is 5.75 Å². The molecule has 0 radical (unpaired) electrons. The van der Waals surface area contributed by atoms with Crippen molar-refractivity contribution in [2.75, 3.05) is 6.61 Å². The summed E-state index contributed by atoms with van der Waals surface area (Å²) in [5.74, 6) is 1.21. The highest BCUT2D eigenvalue weighted by Gasteiger charge is 2.22. The average molecular weight is 385 g/mol. The van der Waals surface area contributed by atoms with E-state index in [4.69, 9.17) is 21.7 Å². The van der Waals surface area contributed by atoms with Gasteiger partial charge in [0.25, 0.3) is 16.6 Å². The van der Waals surface area contributed by atoms with Gasteiger partial charge in [0.2, 0.25) is 0 Å². The molecule has 2 heterocycles. The van der Waals surface area contributed by atoms with Crippen molar-refractivity contribution >= 4 is 29.4 Å². The molecule has 0 atom stereocenters. The predicted octanol–water partition coefficient (Wildman–Crippen LogP) is 1.97. The van der Waals surface area contributed by atoms with E-state index in [2.05, 4.69) is 10.3 Å². The van der Waals surface area contributed by atoms with Gasteiger partial charge in [0.05, 0.1) is 6.54 Å². The number of hydrogen-bond donors (Lipinski definition) is 1. The Hall–Kier alpha value is -3.00. The van der Waals surface area contributed by atoms with Crippen LogP contribution in [0.1, 0.15) is 24.0 Å². The van der Waals surface area contributed by atoms with Crippen molar-refractivity contribution in [2.45, 2.75) is 26.8 Å². The van der Waals surface area contributed by atoms with Gasteiger partial charge in [0.15, 0.2) is 5.76 Å². The molecule has 1 aromatic carbocycles. The van der Waals surface area contributed by atoms with Crippen molar-refractivity contribution in [3.05, 3.63) is 63.5 Å². The van der Waals surface area contributed by atoms with Gasteiger partial charge in [-0.15, -0.1) is 0 Å². The molecule has 140 valence electrons. The largest absolute Gasteiger partial charge is 0.492 e. The van der Waals surface area contributed by atoms with E-state index in [0.717, 1.165) is 17.1 Å². The topological polar surface area (TPSA) is 82.5 Å². The van der Waals surface area contributed by atoms with Crippen LogP contribution in [0.3, 0.4) is 0 Å². The Labute approximate surface area is 161 Å². The standard InChI is InChI=1S/C19H19N3O4S/c1-3-16-20-12(2)10-17(23)22(16)8-9-25-14-6-4-13(5-7-14)11-15-18(24)21-19(27)26-15/h4-7,10-11H,3,8-9H2,1-2H3,(H,21,24,27). The molecule has 0 saturated carbocycles. The maximum absolute atomic E-state index is 12.1. The van der Waals surface area contributed by atoms with Crippen molar-refractivity contribution in [3.63, 3.8) is 0 Å². The summed E-state index contributed by atoms with van der Waals surface area (Å²) in [6, 6.07) is 8.70. The van der Waals surface area contributed by atoms with E-state index in [1.807, 2.05) is 13.8 Å². The second-order valence-corrected chi connectivity index (χ2v) is 6.30. The van der Waals surface area contributed by atoms with E-state index in [9.17, 15) is 9.59 Å². The van der Waals surface area contributed by atoms with Crippen LogP contribution in [0.2, 0.25) is 0 Å². The molecule has 1 aliphatic rings. The van der Waals surface area contributed by atoms with E-state index >= 15 is 0 Å². The summed E-state index contributed by atoms with van der Waals surface area (Å²) in [6.07, 6.45) is 2.28. The highest BCUT2D eigenvalue weighted by molar-refractivity contribution is 7.80. The number of nitrogens with one attached hydrogen (secondary N) is 1. The number of ether oxygens (including phenoxy) is 2. The lowest BCUT2D eigenvalue weighted by molar-refractivity contribution is -0.116. The number of rotatable bonds is 6. The van der Waals surface area contributed by atoms with Crippen LogP contribution >= 0.6 is 12.2 Å². The molecular weight excluding hydrogens is 366 g/mol. The molecule has 1 fully saturated rings. The van der Waals surface area contributed by atoms with Gasteiger partial charge in [-0.3, -0.25) is 19.5 Å². The maximum atomic E-state index is 12.1. The van der Waals surface area contributed by atoms with Gasteiger partial charge in [0, 0.05) is 18.2 Å². The van der Waals surface area contributed by atoms with Gasteiger partial charge in [-0.05, 0) is 42.9 Å². The Kier molecular flexibility index (Phi) is 5.66. The van der Waals surface area contributed by atoms with Crippen molar-refractivity contribution in [1.82, 2.24) is 14.9 Å². The molecule has 2 aromatic rings. The normalized spacial score (nSPS) is 15.0. The number of aryl methyl sites for hydroxylation is 2. The second kappa shape index (κ2) is 8.13. The molecule has 0 spiro atoms. The summed E-state index contributed by atoms with van der Waals surface area (Å²) in [4.78, 5) is 28.1. The summed E-state index contributed by atoms with van der Waals surface area (Å²) in [5.41, 5.74) is 1.43. The summed E-state index contributed by atoms with van der Waals surface area (Å²) in [7, 11) is 0. The highest BCUT2D eigenvalue weighted by atomic mass is 32.1. The second-order valence-electron chi connectivity index (χ2n) is 5.93. The van der Waals surface area contributed by atoms with Gasteiger partial charge in [-0.2, -0.15) is 0 Å². The van der Waals surface area contributed by atoms with Crippen molar-refractivity contribution in [2.24, 2.45) is 0 Å². The zero-order valence-electron chi connectivity index (χ0n) is 15.0. The van der Waals surface area contributed by atoms with Gasteiger partial charge in [-0.25, -0.2) is 4.98 Å². The molecular formula is C19H19N3O4S. The summed E-state index contributed by atoms with van der Waals surface area (Å²) >= 11 is 4.79. The summed E-state index contributed by atoms with van der Waals surface area (Å²) < 4.78 is 12.5. The van der Waals surface area contributed by atoms with Crippen molar-refractivity contribution < 1.29 is 14.3 Å². The number of hydrogen-bond acceptors (Lipinski definition) is 6. The number of nitrogens with zero attached hydrogens (tertiary/aromatic N) is 2. The Bertz CT molecular complexity index is 964. The molecule has 3 rings (SSSR count). The van der Waals surface area contributed by atoms with Crippen LogP contribution in [0, 0.1) is 6.92 Å². The molecule has 7 nitrogen and oxygen atoms in total. The Morgan fingerprint density at radius 1 is 1.30 bits per heavy atom. The number of carbonyl (C=O) groups is 1. The van der Waals surface area contributed by atoms with Gasteiger partial charge in [-0.1, -0.05) is 19.1 Å². The average Bonchev–Trinajstić information content (AvgIpc) is 2.95. The molecule has 8 heteroatoms. The first-order chi connectivity index (χ1) is 13.0. The number of thiocarbonyl (C=S) groups is 1. The maximum Gasteiger partial charge on any atom is 0.294 e. The molecule has 1 aromatic heterocycles. The lowest BCUT2D eigenvalue weighted by atomic mass is 10.2. The minimum Gasteiger partial charge on any atom is -0.492 e. The van der Waals surface area contributed by atoms with Gasteiger partial charge in [0.1, 0.15) is 18.2 Å². The molecule has 0 unspecified atom stereocenters. The van der Waals surface area contributed by atoms with Crippen LogP contribution in [0.4, 0.5) is 0 Å². The predicted molar refractivity (Wildman–Crippen MR) is 104 cm³/mol. The smallest absolute Gasteiger partial charge is 0.294 e. The Morgan fingerprint density at radius 3 is 2.67 bits per heavy atom. The number of carbonyl (C=O) groups excluding carboxylic acids is 1. The first kappa shape index (κ1) is 18.8. The molecule has 0 bridgehead atoms. The van der Waals surface area contributed by atoms with E-state index in [0.29, 0.717) is 25.3 Å². The molecule has 1 aliphatic heterocycles. The SMILES string of the molecule is CCc1nc(C)cc(=O)n1CCOc1ccc(C=C2OC(=S)NC2=O)cc1. The molecule has 1 saturated heterocycles. The number of amides is 1. The van der Waals surface area contributed by atoms with E-state index in [-0.39, 0.29) is 22.4 Å². The summed E-state index contributed by atoms with van der Waals surface area (Å²) in [5, 5.41) is 2.46. The highest BCUT2D eigenvalue weighted by Crippen LogP contribution is 2.17. The van der Waals surface area contributed by atoms with E-state index < -0.39 is 0 Å². The van der Waals surface area contributed by atoms with Gasteiger partial charge < -0.3 is 9.47 Å². The lowest BCUT2D eigenvalue weighted by Crippen LogP contribution is -2.27. The Balaban J connectivity index is 1.62. The molecule has 0 aliphatic carbocycles. The zero-order chi connectivity index (χ0) is 19.4. The monoisotopic (exact) mass is 385 g/mol. The summed E-state index contributed by atoms with van der Waals surface area (Å²) in [6.45, 7) is 4.54. The zero-order valence-corrected chi connectivity index (χ0v) is 15.8. The van der Waals surface area contributed by atoms with Crippen LogP contribution in [0.15, 0.2) is 40.9 Å². The van der Waals surface area contributed by atoms with Crippen LogP contribution < -0.4 is 15.6 Å². The van der Waals surface area contributed by atoms with Crippen LogP contribution in [-0.2, 0) is 22.5 Å². The van der Waals surface area contributed by atoms with Crippen molar-refractivity contribution in [3.8, 4) is 5.75 Å². The third kappa shape index (κ3) is 4.59. The van der Waals surface area contributed by atoms with Crippen LogP contribution in [0.25, 0.3) is 6.08 Å². The minimum atomic E-state index is -0.357. The number of benzene rings is 1. The third-order valence-corrected chi connectivity index (χ3v) is 4.12. The van der Waals surface area contributed by atoms with Crippen LogP contribution in [-0.4, -0.2) is 27.2 Å². The lowest BCUT2D eigenvalue weighted by Gasteiger charge is -2.12. The number of aromatic nitrogens is 2. The molecule has 1 N–H and O–H groups in total. The fraction of sp³-hybridized carbons (Fsp3) is 0.263. The molecule has 27 heavy (non-hydrogen) atoms. The van der Waals surface area contributed by atoms with E-state index in [1.165, 1.54) is 6.07 Å². The fourth-order valence-electron chi connectivity index (χ4n) is 2.68. The van der Waals surface area contributed by atoms with E-state index in [1.54, 1.807) is 34.9 Å². The minimum absolute atomic E-state index is 0.0542. The van der Waals surface area contributed by atoms with Crippen molar-refractivity contribution in [1.29, 1.82) is 0 Å². The first-order valence-corrected chi connectivity index (χ1v) is 8.92. The Morgan fingerprint density at radius 2 is 2.04 bits per heavy atom. The quantitative estimate of drug-likeness (QED) is 0.605. The third-order valence-electron chi connectivity index (χ3n) is 3.94. The molecule has 1 amide bonds. The van der Waals surface area contributed by atoms with Gasteiger partial charge >= 0.3 is 0 Å². The fourth-order valence-corrected chi connectivity index (χ4v) is 2.86. The first-order valence-electron chi connectivity index (χ1n) is 8.51.